The summed E-state index contributed by atoms with van der Waals surface area (Å²) in [5.41, 5.74) is 1.68. The number of aliphatic carboxylic acids is 1. The molecule has 0 radical (unpaired) electrons. The molecule has 0 aromatic heterocycles. The van der Waals surface area contributed by atoms with Gasteiger partial charge in [-0.05, 0) is 109 Å². The molecule has 3 nitrogen and oxygen atoms in total. The Morgan fingerprint density at radius 1 is 0.879 bits per heavy atom. The molecule has 186 valence electrons. The first-order valence-electron chi connectivity index (χ1n) is 13.8. The van der Waals surface area contributed by atoms with Crippen molar-refractivity contribution in [1.82, 2.24) is 0 Å². The van der Waals surface area contributed by atoms with Crippen molar-refractivity contribution in [2.75, 3.05) is 0 Å². The van der Waals surface area contributed by atoms with Crippen LogP contribution in [0.5, 0.6) is 0 Å². The molecule has 0 spiro atoms. The van der Waals surface area contributed by atoms with Crippen LogP contribution in [0.3, 0.4) is 0 Å². The third kappa shape index (κ3) is 2.87. The van der Waals surface area contributed by atoms with Crippen molar-refractivity contribution < 1.29 is 15.0 Å². The Hall–Kier alpha value is -0.830. The molecule has 0 aromatic rings. The van der Waals surface area contributed by atoms with Crippen LogP contribution in [-0.2, 0) is 4.79 Å². The summed E-state index contributed by atoms with van der Waals surface area (Å²) in [5.74, 6) is 0.807. The van der Waals surface area contributed by atoms with Crippen LogP contribution in [0.25, 0.3) is 0 Å². The van der Waals surface area contributed by atoms with Crippen LogP contribution in [0.2, 0.25) is 0 Å². The Bertz CT molecular complexity index is 885. The first kappa shape index (κ1) is 23.9. The molecule has 0 heterocycles. The Kier molecular flexibility index (Phi) is 4.99. The van der Waals surface area contributed by atoms with E-state index in [2.05, 4.69) is 54.5 Å². The molecule has 5 rings (SSSR count). The van der Waals surface area contributed by atoms with Crippen LogP contribution in [0.1, 0.15) is 113 Å². The molecule has 0 aliphatic heterocycles. The lowest BCUT2D eigenvalue weighted by Gasteiger charge is -2.71. The molecule has 6 unspecified atom stereocenters. The molecule has 0 saturated heterocycles. The van der Waals surface area contributed by atoms with Gasteiger partial charge >= 0.3 is 5.97 Å². The summed E-state index contributed by atoms with van der Waals surface area (Å²) in [5, 5.41) is 21.4. The number of carbonyl (C=O) groups is 1. The molecule has 5 aliphatic carbocycles. The largest absolute Gasteiger partial charge is 0.481 e. The molecule has 0 amide bonds. The fourth-order valence-corrected chi connectivity index (χ4v) is 10.6. The summed E-state index contributed by atoms with van der Waals surface area (Å²) in [6.07, 6.45) is 12.6. The number of hydrogen-bond donors (Lipinski definition) is 2. The van der Waals surface area contributed by atoms with E-state index >= 15 is 0 Å². The zero-order chi connectivity index (χ0) is 24.2. The molecule has 33 heavy (non-hydrogen) atoms. The smallest absolute Gasteiger partial charge is 0.310 e. The van der Waals surface area contributed by atoms with Gasteiger partial charge in [-0.3, -0.25) is 4.79 Å². The van der Waals surface area contributed by atoms with E-state index in [9.17, 15) is 15.0 Å². The number of aliphatic hydroxyl groups excluding tert-OH is 1. The summed E-state index contributed by atoms with van der Waals surface area (Å²) < 4.78 is 0. The van der Waals surface area contributed by atoms with Gasteiger partial charge in [-0.2, -0.15) is 0 Å². The van der Waals surface area contributed by atoms with Crippen LogP contribution in [-0.4, -0.2) is 22.3 Å². The Morgan fingerprint density at radius 2 is 1.55 bits per heavy atom. The maximum atomic E-state index is 12.8. The van der Waals surface area contributed by atoms with E-state index in [-0.39, 0.29) is 39.1 Å². The van der Waals surface area contributed by atoms with Gasteiger partial charge in [0.2, 0.25) is 0 Å². The van der Waals surface area contributed by atoms with Gasteiger partial charge in [0, 0.05) is 0 Å². The summed E-state index contributed by atoms with van der Waals surface area (Å²) in [7, 11) is 0. The highest BCUT2D eigenvalue weighted by Gasteiger charge is 2.69. The average Bonchev–Trinajstić information content (AvgIpc) is 2.71. The lowest BCUT2D eigenvalue weighted by atomic mass is 9.33. The molecule has 3 heteroatoms. The van der Waals surface area contributed by atoms with Gasteiger partial charge in [0.05, 0.1) is 11.5 Å². The van der Waals surface area contributed by atoms with E-state index in [0.717, 1.165) is 51.4 Å². The molecular weight excluding hydrogens is 408 g/mol. The van der Waals surface area contributed by atoms with Crippen molar-refractivity contribution >= 4 is 5.97 Å². The van der Waals surface area contributed by atoms with Gasteiger partial charge in [0.25, 0.3) is 0 Å². The van der Waals surface area contributed by atoms with Crippen molar-refractivity contribution in [1.29, 1.82) is 0 Å². The Labute approximate surface area is 201 Å². The van der Waals surface area contributed by atoms with E-state index in [1.807, 2.05) is 0 Å². The topological polar surface area (TPSA) is 57.5 Å². The van der Waals surface area contributed by atoms with Crippen molar-refractivity contribution in [3.63, 3.8) is 0 Å². The quantitative estimate of drug-likeness (QED) is 0.409. The van der Waals surface area contributed by atoms with E-state index in [1.54, 1.807) is 0 Å². The van der Waals surface area contributed by atoms with Crippen molar-refractivity contribution in [3.8, 4) is 0 Å². The predicted octanol–water partition coefficient (Wildman–Crippen LogP) is 7.23. The zero-order valence-corrected chi connectivity index (χ0v) is 22.3. The SMILES string of the molecule is CC1(C)CC[C@]2(C(=O)O)CC[C@]3(C)C(=CCC4C5(C)CCC(O)C(C)(C)C5CCC43C)C2C1. The lowest BCUT2D eigenvalue weighted by Crippen LogP contribution is -2.65. The molecule has 0 bridgehead atoms. The highest BCUT2D eigenvalue weighted by atomic mass is 16.4. The van der Waals surface area contributed by atoms with Crippen LogP contribution >= 0.6 is 0 Å². The first-order valence-corrected chi connectivity index (χ1v) is 13.8. The van der Waals surface area contributed by atoms with Crippen LogP contribution in [0.4, 0.5) is 0 Å². The predicted molar refractivity (Wildman–Crippen MR) is 133 cm³/mol. The fourth-order valence-electron chi connectivity index (χ4n) is 10.6. The van der Waals surface area contributed by atoms with Gasteiger partial charge in [0.1, 0.15) is 0 Å². The van der Waals surface area contributed by atoms with Gasteiger partial charge in [-0.1, -0.05) is 60.1 Å². The average molecular weight is 457 g/mol. The fraction of sp³-hybridized carbons (Fsp3) is 0.900. The number of fused-ring (bicyclic) bond motifs is 7. The lowest BCUT2D eigenvalue weighted by molar-refractivity contribution is -0.205. The van der Waals surface area contributed by atoms with E-state index in [4.69, 9.17) is 0 Å². The number of aliphatic hydroxyl groups is 1. The minimum absolute atomic E-state index is 0.0301. The highest BCUT2D eigenvalue weighted by molar-refractivity contribution is 5.76. The standard InChI is InChI=1S/C30H48O3/c1-25(2)14-16-30(24(32)33)17-15-28(6)19(20(30)18-25)8-9-22-27(5)12-11-23(31)26(3,4)21(27)10-13-29(22,28)7/h8,20-23,31H,9-18H2,1-7H3,(H,32,33)/t20?,21?,22?,23?,27?,28-,29?,30+/m1/s1. The van der Waals surface area contributed by atoms with E-state index in [0.29, 0.717) is 11.8 Å². The van der Waals surface area contributed by atoms with Gasteiger partial charge in [-0.25, -0.2) is 0 Å². The van der Waals surface area contributed by atoms with Crippen LogP contribution in [0, 0.1) is 50.2 Å². The van der Waals surface area contributed by atoms with Gasteiger partial charge in [-0.15, -0.1) is 0 Å². The molecule has 4 saturated carbocycles. The third-order valence-corrected chi connectivity index (χ3v) is 13.0. The minimum atomic E-state index is -0.553. The first-order chi connectivity index (χ1) is 15.1. The number of carboxylic acids is 1. The molecule has 5 aliphatic rings. The van der Waals surface area contributed by atoms with Crippen LogP contribution in [0.15, 0.2) is 11.6 Å². The number of carboxylic acid groups (broad SMARTS) is 1. The van der Waals surface area contributed by atoms with Crippen molar-refractivity contribution in [3.05, 3.63) is 11.6 Å². The number of hydrogen-bond acceptors (Lipinski definition) is 2. The Morgan fingerprint density at radius 3 is 2.21 bits per heavy atom. The molecule has 0 aromatic carbocycles. The second kappa shape index (κ2) is 6.89. The summed E-state index contributed by atoms with van der Waals surface area (Å²) >= 11 is 0. The van der Waals surface area contributed by atoms with Crippen molar-refractivity contribution in [2.45, 2.75) is 119 Å². The van der Waals surface area contributed by atoms with Crippen molar-refractivity contribution in [2.24, 2.45) is 50.2 Å². The zero-order valence-electron chi connectivity index (χ0n) is 22.3. The monoisotopic (exact) mass is 456 g/mol. The maximum Gasteiger partial charge on any atom is 0.310 e. The Balaban J connectivity index is 1.60. The number of allylic oxidation sites excluding steroid dienone is 2. The minimum Gasteiger partial charge on any atom is -0.481 e. The summed E-state index contributed by atoms with van der Waals surface area (Å²) in [6, 6.07) is 0. The molecule has 4 fully saturated rings. The van der Waals surface area contributed by atoms with Gasteiger partial charge < -0.3 is 10.2 Å². The normalized spacial score (nSPS) is 52.4. The second-order valence-electron chi connectivity index (χ2n) is 15.1. The maximum absolute atomic E-state index is 12.8. The second-order valence-corrected chi connectivity index (χ2v) is 15.1. The summed E-state index contributed by atoms with van der Waals surface area (Å²) in [6.45, 7) is 16.9. The molecule has 2 N–H and O–H groups in total. The van der Waals surface area contributed by atoms with Gasteiger partial charge in [0.15, 0.2) is 0 Å². The number of rotatable bonds is 1. The highest BCUT2D eigenvalue weighted by Crippen LogP contribution is 2.75. The molecular formula is C30H48O3. The molecule has 8 atom stereocenters. The third-order valence-electron chi connectivity index (χ3n) is 13.0. The van der Waals surface area contributed by atoms with Crippen LogP contribution < -0.4 is 0 Å². The summed E-state index contributed by atoms with van der Waals surface area (Å²) in [4.78, 5) is 12.8. The van der Waals surface area contributed by atoms with E-state index in [1.165, 1.54) is 18.4 Å². The van der Waals surface area contributed by atoms with E-state index < -0.39 is 11.4 Å².